The van der Waals surface area contributed by atoms with Gasteiger partial charge in [0.1, 0.15) is 11.1 Å². The summed E-state index contributed by atoms with van der Waals surface area (Å²) in [5.74, 6) is -1.33. The molecule has 1 aliphatic rings. The molecule has 34 heavy (non-hydrogen) atoms. The van der Waals surface area contributed by atoms with E-state index < -0.39 is 28.5 Å². The van der Waals surface area contributed by atoms with Gasteiger partial charge in [-0.2, -0.15) is 5.26 Å². The van der Waals surface area contributed by atoms with Gasteiger partial charge < -0.3 is 10.1 Å². The van der Waals surface area contributed by atoms with Crippen molar-refractivity contribution in [1.82, 2.24) is 0 Å². The van der Waals surface area contributed by atoms with Crippen LogP contribution in [-0.2, 0) is 32.4 Å². The molecule has 0 fully saturated rings. The average molecular weight is 496 g/mol. The van der Waals surface area contributed by atoms with Crippen LogP contribution in [0, 0.1) is 11.3 Å². The van der Waals surface area contributed by atoms with Crippen LogP contribution >= 0.6 is 11.3 Å². The maximum atomic E-state index is 12.5. The zero-order valence-electron chi connectivity index (χ0n) is 18.0. The van der Waals surface area contributed by atoms with E-state index in [1.54, 1.807) is 18.2 Å². The smallest absolute Gasteiger partial charge is 0.338 e. The third-order valence-corrected chi connectivity index (χ3v) is 7.88. The monoisotopic (exact) mass is 495 g/mol. The summed E-state index contributed by atoms with van der Waals surface area (Å²) in [6, 6.07) is 15.8. The molecule has 0 unspecified atom stereocenters. The van der Waals surface area contributed by atoms with Gasteiger partial charge in [-0.15, -0.1) is 11.3 Å². The molecule has 174 valence electrons. The number of nitriles is 1. The number of anilines is 2. The van der Waals surface area contributed by atoms with Crippen molar-refractivity contribution in [3.63, 3.8) is 0 Å². The Morgan fingerprint density at radius 1 is 1.06 bits per heavy atom. The van der Waals surface area contributed by atoms with E-state index in [1.807, 2.05) is 0 Å². The minimum Gasteiger partial charge on any atom is -0.452 e. The predicted octanol–water partition coefficient (Wildman–Crippen LogP) is 4.09. The summed E-state index contributed by atoms with van der Waals surface area (Å²) in [6.07, 6.45) is 3.79. The number of amides is 1. The third-order valence-electron chi connectivity index (χ3n) is 5.27. The van der Waals surface area contributed by atoms with Crippen molar-refractivity contribution in [3.05, 3.63) is 76.2 Å². The van der Waals surface area contributed by atoms with Crippen LogP contribution in [0.25, 0.3) is 0 Å². The van der Waals surface area contributed by atoms with Crippen molar-refractivity contribution >= 4 is 43.9 Å². The molecule has 1 amide bonds. The minimum atomic E-state index is -3.82. The molecule has 1 aromatic heterocycles. The van der Waals surface area contributed by atoms with E-state index in [2.05, 4.69) is 16.1 Å². The number of sulfonamides is 1. The number of carbonyl (C=O) groups is 2. The number of nitrogens with zero attached hydrogens (tertiary/aromatic N) is 1. The maximum Gasteiger partial charge on any atom is 0.338 e. The van der Waals surface area contributed by atoms with E-state index in [-0.39, 0.29) is 16.1 Å². The topological polar surface area (TPSA) is 125 Å². The fraction of sp³-hybridized carbons (Fsp3) is 0.208. The van der Waals surface area contributed by atoms with Crippen LogP contribution in [-0.4, -0.2) is 26.9 Å². The van der Waals surface area contributed by atoms with Gasteiger partial charge >= 0.3 is 5.97 Å². The second-order valence-electron chi connectivity index (χ2n) is 7.65. The molecule has 0 radical (unpaired) electrons. The second kappa shape index (κ2) is 10.1. The van der Waals surface area contributed by atoms with Gasteiger partial charge in [-0.3, -0.25) is 9.52 Å². The van der Waals surface area contributed by atoms with E-state index in [0.717, 1.165) is 36.1 Å². The largest absolute Gasteiger partial charge is 0.452 e. The Morgan fingerprint density at radius 3 is 2.59 bits per heavy atom. The van der Waals surface area contributed by atoms with E-state index in [1.165, 1.54) is 47.7 Å². The fourth-order valence-corrected chi connectivity index (χ4v) is 6.00. The first-order valence-electron chi connectivity index (χ1n) is 10.6. The molecule has 2 N–H and O–H groups in total. The molecule has 2 aromatic carbocycles. The van der Waals surface area contributed by atoms with Gasteiger partial charge in [0.2, 0.25) is 0 Å². The minimum absolute atomic E-state index is 0.0883. The van der Waals surface area contributed by atoms with Gasteiger partial charge in [-0.05, 0) is 61.6 Å². The van der Waals surface area contributed by atoms with Crippen molar-refractivity contribution in [1.29, 1.82) is 5.26 Å². The van der Waals surface area contributed by atoms with Crippen LogP contribution in [0.4, 0.5) is 10.7 Å². The lowest BCUT2D eigenvalue weighted by molar-refractivity contribution is -0.119. The summed E-state index contributed by atoms with van der Waals surface area (Å²) in [6.45, 7) is -0.535. The molecule has 3 aromatic rings. The molecule has 1 aliphatic carbocycles. The highest BCUT2D eigenvalue weighted by Crippen LogP contribution is 2.37. The van der Waals surface area contributed by atoms with Crippen molar-refractivity contribution in [2.24, 2.45) is 0 Å². The Balaban J connectivity index is 1.38. The fourth-order valence-electron chi connectivity index (χ4n) is 3.67. The summed E-state index contributed by atoms with van der Waals surface area (Å²) in [5, 5.41) is 12.6. The maximum absolute atomic E-state index is 12.5. The second-order valence-corrected chi connectivity index (χ2v) is 10.4. The summed E-state index contributed by atoms with van der Waals surface area (Å²) in [7, 11) is -3.82. The Bertz CT molecular complexity index is 1380. The Kier molecular flexibility index (Phi) is 6.95. The molecular weight excluding hydrogens is 474 g/mol. The molecule has 0 saturated heterocycles. The number of nitrogens with one attached hydrogen (secondary N) is 2. The van der Waals surface area contributed by atoms with Gasteiger partial charge in [0.15, 0.2) is 6.61 Å². The number of fused-ring (bicyclic) bond motifs is 1. The first-order valence-corrected chi connectivity index (χ1v) is 12.9. The Labute approximate surface area is 201 Å². The molecule has 10 heteroatoms. The van der Waals surface area contributed by atoms with Crippen LogP contribution in [0.1, 0.15) is 39.2 Å². The first kappa shape index (κ1) is 23.5. The zero-order valence-corrected chi connectivity index (χ0v) is 19.7. The van der Waals surface area contributed by atoms with Crippen LogP contribution in [0.15, 0.2) is 59.5 Å². The number of rotatable bonds is 7. The van der Waals surface area contributed by atoms with Gasteiger partial charge in [-0.25, -0.2) is 13.2 Å². The van der Waals surface area contributed by atoms with E-state index >= 15 is 0 Å². The number of hydrogen-bond acceptors (Lipinski definition) is 7. The lowest BCUT2D eigenvalue weighted by Crippen LogP contribution is -2.21. The van der Waals surface area contributed by atoms with Crippen molar-refractivity contribution in [3.8, 4) is 6.07 Å². The van der Waals surface area contributed by atoms with E-state index in [9.17, 15) is 23.3 Å². The number of esters is 1. The lowest BCUT2D eigenvalue weighted by atomic mass is 9.96. The standard InChI is InChI=1S/C24H21N3O5S2/c25-14-20-19-11-4-5-12-21(19)33-23(20)26-22(28)15-32-24(29)16-7-6-8-17(13-16)27-34(30,31)18-9-2-1-3-10-18/h1-3,6-10,13,27H,4-5,11-12,15H2,(H,26,28). The lowest BCUT2D eigenvalue weighted by Gasteiger charge is -2.10. The zero-order chi connectivity index (χ0) is 24.1. The number of aryl methyl sites for hydroxylation is 1. The van der Waals surface area contributed by atoms with Crippen molar-refractivity contribution in [2.45, 2.75) is 30.6 Å². The first-order chi connectivity index (χ1) is 16.4. The molecule has 0 spiro atoms. The molecule has 0 aliphatic heterocycles. The Morgan fingerprint density at radius 2 is 1.82 bits per heavy atom. The van der Waals surface area contributed by atoms with Gasteiger partial charge in [0, 0.05) is 10.6 Å². The van der Waals surface area contributed by atoms with Crippen LogP contribution in [0.2, 0.25) is 0 Å². The summed E-state index contributed by atoms with van der Waals surface area (Å²) in [5.41, 5.74) is 1.76. The highest BCUT2D eigenvalue weighted by atomic mass is 32.2. The molecule has 0 atom stereocenters. The van der Waals surface area contributed by atoms with Gasteiger partial charge in [0.05, 0.1) is 16.0 Å². The van der Waals surface area contributed by atoms with Crippen LogP contribution in [0.3, 0.4) is 0 Å². The SMILES string of the molecule is N#Cc1c(NC(=O)COC(=O)c2cccc(NS(=O)(=O)c3ccccc3)c2)sc2c1CCCC2. The molecule has 4 rings (SSSR count). The average Bonchev–Trinajstić information content (AvgIpc) is 3.19. The predicted molar refractivity (Wildman–Crippen MR) is 128 cm³/mol. The molecule has 0 saturated carbocycles. The molecule has 0 bridgehead atoms. The van der Waals surface area contributed by atoms with E-state index in [0.29, 0.717) is 10.6 Å². The van der Waals surface area contributed by atoms with E-state index in [4.69, 9.17) is 4.74 Å². The number of hydrogen-bond donors (Lipinski definition) is 2. The van der Waals surface area contributed by atoms with Crippen molar-refractivity contribution < 1.29 is 22.7 Å². The Hall–Kier alpha value is -3.68. The van der Waals surface area contributed by atoms with Crippen LogP contribution in [0.5, 0.6) is 0 Å². The highest BCUT2D eigenvalue weighted by Gasteiger charge is 2.22. The summed E-state index contributed by atoms with van der Waals surface area (Å²) < 4.78 is 32.5. The van der Waals surface area contributed by atoms with Gasteiger partial charge in [0.25, 0.3) is 15.9 Å². The normalized spacial score (nSPS) is 12.8. The summed E-state index contributed by atoms with van der Waals surface area (Å²) in [4.78, 5) is 26.0. The molecule has 8 nitrogen and oxygen atoms in total. The number of benzene rings is 2. The summed E-state index contributed by atoms with van der Waals surface area (Å²) >= 11 is 1.39. The third kappa shape index (κ3) is 5.27. The number of carbonyl (C=O) groups excluding carboxylic acids is 2. The number of thiophene rings is 1. The van der Waals surface area contributed by atoms with Crippen molar-refractivity contribution in [2.75, 3.05) is 16.6 Å². The quantitative estimate of drug-likeness (QED) is 0.476. The van der Waals surface area contributed by atoms with Gasteiger partial charge in [-0.1, -0.05) is 24.3 Å². The van der Waals surface area contributed by atoms with Crippen LogP contribution < -0.4 is 10.0 Å². The molecular formula is C24H21N3O5S2. The number of ether oxygens (including phenoxy) is 1. The molecule has 1 heterocycles. The highest BCUT2D eigenvalue weighted by molar-refractivity contribution is 7.92.